The zero-order valence-corrected chi connectivity index (χ0v) is 17.2. The van der Waals surface area contributed by atoms with E-state index in [4.69, 9.17) is 4.74 Å². The van der Waals surface area contributed by atoms with Crippen molar-refractivity contribution >= 4 is 28.9 Å². The van der Waals surface area contributed by atoms with Crippen LogP contribution in [0.4, 0.5) is 21.6 Å². The molecular weight excluding hydrogens is 403 g/mol. The average molecular weight is 424 g/mol. The zero-order chi connectivity index (χ0) is 22.1. The quantitative estimate of drug-likeness (QED) is 0.561. The largest absolute Gasteiger partial charge is 0.494 e. The molecule has 9 nitrogen and oxygen atoms in total. The number of nitrogens with one attached hydrogen (secondary N) is 2. The molecule has 10 heteroatoms. The van der Waals surface area contributed by atoms with E-state index in [-0.39, 0.29) is 18.0 Å². The van der Waals surface area contributed by atoms with Gasteiger partial charge in [0, 0.05) is 19.3 Å². The minimum Gasteiger partial charge on any atom is -0.494 e. The van der Waals surface area contributed by atoms with Crippen molar-refractivity contribution in [3.63, 3.8) is 0 Å². The summed E-state index contributed by atoms with van der Waals surface area (Å²) < 4.78 is 20.3. The highest BCUT2D eigenvalue weighted by molar-refractivity contribution is 6.01. The molecule has 31 heavy (non-hydrogen) atoms. The summed E-state index contributed by atoms with van der Waals surface area (Å²) in [5.41, 5.74) is 2.00. The van der Waals surface area contributed by atoms with Crippen LogP contribution < -0.4 is 15.4 Å². The Bertz CT molecular complexity index is 1160. The fourth-order valence-corrected chi connectivity index (χ4v) is 3.20. The summed E-state index contributed by atoms with van der Waals surface area (Å²) in [7, 11) is 3.30. The van der Waals surface area contributed by atoms with E-state index in [1.807, 2.05) is 12.1 Å². The second-order valence-corrected chi connectivity index (χ2v) is 7.27. The van der Waals surface area contributed by atoms with Crippen LogP contribution in [0.2, 0.25) is 0 Å². The van der Waals surface area contributed by atoms with Crippen LogP contribution in [0.3, 0.4) is 0 Å². The molecule has 0 saturated heterocycles. The third kappa shape index (κ3) is 4.23. The van der Waals surface area contributed by atoms with Gasteiger partial charge in [0.05, 0.1) is 35.5 Å². The van der Waals surface area contributed by atoms with Gasteiger partial charge >= 0.3 is 0 Å². The van der Waals surface area contributed by atoms with Gasteiger partial charge in [-0.1, -0.05) is 6.07 Å². The summed E-state index contributed by atoms with van der Waals surface area (Å²) in [4.78, 5) is 32.6. The number of para-hydroxylation sites is 1. The Kier molecular flexibility index (Phi) is 5.37. The van der Waals surface area contributed by atoms with E-state index in [9.17, 15) is 14.0 Å². The number of aryl methyl sites for hydroxylation is 1. The summed E-state index contributed by atoms with van der Waals surface area (Å²) in [6, 6.07) is 6.95. The molecule has 1 amide bonds. The van der Waals surface area contributed by atoms with Gasteiger partial charge in [-0.3, -0.25) is 14.3 Å². The maximum absolute atomic E-state index is 13.2. The number of Topliss-reactive ketones (excluding diaryl/α,β-unsaturated/α-hetero) is 1. The molecular formula is C21H21FN6O3. The summed E-state index contributed by atoms with van der Waals surface area (Å²) in [6.07, 6.45) is 2.06. The van der Waals surface area contributed by atoms with Crippen molar-refractivity contribution < 1.29 is 18.7 Å². The van der Waals surface area contributed by atoms with Crippen molar-refractivity contribution in [1.29, 1.82) is 0 Å². The van der Waals surface area contributed by atoms with E-state index in [0.29, 0.717) is 34.1 Å². The highest BCUT2D eigenvalue weighted by Crippen LogP contribution is 2.38. The summed E-state index contributed by atoms with van der Waals surface area (Å²) >= 11 is 0. The van der Waals surface area contributed by atoms with Crippen LogP contribution in [-0.2, 0) is 11.8 Å². The van der Waals surface area contributed by atoms with Crippen molar-refractivity contribution in [2.75, 3.05) is 17.7 Å². The zero-order valence-electron chi connectivity index (χ0n) is 17.2. The molecule has 1 aliphatic carbocycles. The lowest BCUT2D eigenvalue weighted by molar-refractivity contribution is -0.117. The molecule has 0 radical (unpaired) electrons. The Morgan fingerprint density at radius 3 is 2.65 bits per heavy atom. The average Bonchev–Trinajstić information content (AvgIpc) is 3.32. The molecule has 2 atom stereocenters. The minimum atomic E-state index is -1.11. The Balaban J connectivity index is 1.68. The summed E-state index contributed by atoms with van der Waals surface area (Å²) in [6.45, 7) is 1.42. The lowest BCUT2D eigenvalue weighted by atomic mass is 10.1. The molecule has 3 aromatic rings. The molecule has 2 N–H and O–H groups in total. The second kappa shape index (κ2) is 8.13. The number of ether oxygens (including phenoxy) is 1. The number of nitrogens with zero attached hydrogens (tertiary/aromatic N) is 4. The number of aromatic nitrogens is 4. The first-order valence-corrected chi connectivity index (χ1v) is 9.63. The van der Waals surface area contributed by atoms with Crippen LogP contribution in [-0.4, -0.2) is 44.7 Å². The van der Waals surface area contributed by atoms with E-state index in [1.54, 1.807) is 24.1 Å². The minimum absolute atomic E-state index is 0.208. The van der Waals surface area contributed by atoms with Crippen molar-refractivity contribution in [2.45, 2.75) is 19.5 Å². The molecule has 0 bridgehead atoms. The molecule has 0 aliphatic heterocycles. The molecule has 1 aromatic carbocycles. The van der Waals surface area contributed by atoms with Crippen molar-refractivity contribution in [1.82, 2.24) is 19.7 Å². The molecule has 0 unspecified atom stereocenters. The number of benzene rings is 1. The van der Waals surface area contributed by atoms with E-state index >= 15 is 0 Å². The molecule has 0 spiro atoms. The number of carbonyl (C=O) groups excluding carboxylic acids is 2. The van der Waals surface area contributed by atoms with E-state index in [2.05, 4.69) is 25.7 Å². The molecule has 4 rings (SSSR count). The fourth-order valence-electron chi connectivity index (χ4n) is 3.20. The second-order valence-electron chi connectivity index (χ2n) is 7.27. The predicted octanol–water partition coefficient (Wildman–Crippen LogP) is 3.13. The number of ketones is 1. The van der Waals surface area contributed by atoms with Crippen LogP contribution in [0.1, 0.15) is 23.7 Å². The van der Waals surface area contributed by atoms with E-state index in [0.717, 1.165) is 0 Å². The van der Waals surface area contributed by atoms with Crippen molar-refractivity contribution in [3.05, 3.63) is 42.4 Å². The maximum atomic E-state index is 13.2. The monoisotopic (exact) mass is 424 g/mol. The van der Waals surface area contributed by atoms with Crippen molar-refractivity contribution in [2.24, 2.45) is 13.0 Å². The molecule has 1 aliphatic rings. The summed E-state index contributed by atoms with van der Waals surface area (Å²) in [5.74, 6) is -0.0827. The number of alkyl halides is 1. The highest BCUT2D eigenvalue weighted by atomic mass is 19.1. The normalized spacial score (nSPS) is 17.2. The van der Waals surface area contributed by atoms with Gasteiger partial charge in [-0.25, -0.2) is 14.4 Å². The van der Waals surface area contributed by atoms with Gasteiger partial charge in [0.1, 0.15) is 18.3 Å². The number of rotatable bonds is 7. The maximum Gasteiger partial charge on any atom is 0.231 e. The van der Waals surface area contributed by atoms with Crippen LogP contribution in [0.5, 0.6) is 5.75 Å². The predicted molar refractivity (Wildman–Crippen MR) is 112 cm³/mol. The van der Waals surface area contributed by atoms with Gasteiger partial charge in [0.15, 0.2) is 17.4 Å². The van der Waals surface area contributed by atoms with Crippen LogP contribution in [0.25, 0.3) is 11.4 Å². The number of hydrogen-bond acceptors (Lipinski definition) is 7. The van der Waals surface area contributed by atoms with Gasteiger partial charge < -0.3 is 15.4 Å². The van der Waals surface area contributed by atoms with E-state index < -0.39 is 18.0 Å². The van der Waals surface area contributed by atoms with Gasteiger partial charge in [-0.05, 0) is 25.5 Å². The van der Waals surface area contributed by atoms with Crippen molar-refractivity contribution in [3.8, 4) is 17.1 Å². The fraction of sp³-hybridized carbons (Fsp3) is 0.286. The van der Waals surface area contributed by atoms with E-state index in [1.165, 1.54) is 26.3 Å². The van der Waals surface area contributed by atoms with Gasteiger partial charge in [-0.15, -0.1) is 0 Å². The van der Waals surface area contributed by atoms with Gasteiger partial charge in [0.25, 0.3) is 0 Å². The molecule has 1 saturated carbocycles. The van der Waals surface area contributed by atoms with Gasteiger partial charge in [0.2, 0.25) is 5.91 Å². The number of methoxy groups -OCH3 is 1. The lowest BCUT2D eigenvalue weighted by Gasteiger charge is -2.16. The number of anilines is 3. The van der Waals surface area contributed by atoms with Gasteiger partial charge in [-0.2, -0.15) is 5.10 Å². The number of hydrogen-bond donors (Lipinski definition) is 2. The smallest absolute Gasteiger partial charge is 0.231 e. The number of carbonyl (C=O) groups is 2. The Morgan fingerprint density at radius 1 is 1.26 bits per heavy atom. The van der Waals surface area contributed by atoms with Crippen LogP contribution in [0, 0.1) is 5.92 Å². The first-order chi connectivity index (χ1) is 14.9. The molecule has 2 aromatic heterocycles. The topological polar surface area (TPSA) is 111 Å². The Morgan fingerprint density at radius 2 is 2.03 bits per heavy atom. The number of halogens is 1. The lowest BCUT2D eigenvalue weighted by Crippen LogP contribution is -2.16. The third-order valence-electron chi connectivity index (χ3n) is 4.91. The summed E-state index contributed by atoms with van der Waals surface area (Å²) in [5, 5.41) is 10.1. The number of pyridine rings is 1. The van der Waals surface area contributed by atoms with Crippen LogP contribution in [0.15, 0.2) is 36.8 Å². The first kappa shape index (κ1) is 20.5. The third-order valence-corrected chi connectivity index (χ3v) is 4.91. The molecule has 160 valence electrons. The van der Waals surface area contributed by atoms with Crippen LogP contribution >= 0.6 is 0 Å². The molecule has 1 fully saturated rings. The number of amides is 1. The molecule has 2 heterocycles. The highest BCUT2D eigenvalue weighted by Gasteiger charge is 2.43. The Hall–Kier alpha value is -3.82. The SMILES string of the molecule is COc1c(Nc2cc(NC(=O)[C@@H]3C[C@@H]3F)ncc2C(C)=O)cccc1-c1ncn(C)n1. The standard InChI is InChI=1S/C21H21FN6O3/c1-11(29)14-9-23-18(26-21(30)13-7-15(13)22)8-17(14)25-16-6-4-5-12(19(16)31-3)20-24-10-28(2)27-20/h4-6,8-10,13,15H,7H2,1-3H3,(H2,23,25,26,30)/t13-,15+/m1/s1. The first-order valence-electron chi connectivity index (χ1n) is 9.63. The Labute approximate surface area is 177 Å².